The number of rotatable bonds is 5. The van der Waals surface area contributed by atoms with Crippen LogP contribution in [0.2, 0.25) is 0 Å². The second-order valence-corrected chi connectivity index (χ2v) is 5.66. The van der Waals surface area contributed by atoms with Crippen LogP contribution in [0.3, 0.4) is 0 Å². The second-order valence-electron chi connectivity index (χ2n) is 5.66. The van der Waals surface area contributed by atoms with Gasteiger partial charge in [-0.15, -0.1) is 0 Å². The van der Waals surface area contributed by atoms with Crippen molar-refractivity contribution < 1.29 is 0 Å². The van der Waals surface area contributed by atoms with Gasteiger partial charge in [-0.2, -0.15) is 0 Å². The van der Waals surface area contributed by atoms with E-state index >= 15 is 0 Å². The van der Waals surface area contributed by atoms with Gasteiger partial charge >= 0.3 is 0 Å². The van der Waals surface area contributed by atoms with E-state index in [9.17, 15) is 0 Å². The summed E-state index contributed by atoms with van der Waals surface area (Å²) in [6.07, 6.45) is 8.39. The van der Waals surface area contributed by atoms with Gasteiger partial charge in [-0.1, -0.05) is 36.4 Å². The van der Waals surface area contributed by atoms with Crippen LogP contribution in [0.25, 0.3) is 5.82 Å². The van der Waals surface area contributed by atoms with Gasteiger partial charge in [-0.3, -0.25) is 4.57 Å². The largest absolute Gasteiger partial charge is 0.393 e. The Bertz CT molecular complexity index is 969. The summed E-state index contributed by atoms with van der Waals surface area (Å²) in [5.41, 5.74) is 8.01. The van der Waals surface area contributed by atoms with Gasteiger partial charge in [0.2, 0.25) is 0 Å². The number of nitrogens with zero attached hydrogens (tertiary/aromatic N) is 6. The van der Waals surface area contributed by atoms with Gasteiger partial charge in [0.15, 0.2) is 11.6 Å². The van der Waals surface area contributed by atoms with Gasteiger partial charge in [0, 0.05) is 18.6 Å². The predicted molar refractivity (Wildman–Crippen MR) is 100 cm³/mol. The summed E-state index contributed by atoms with van der Waals surface area (Å²) < 4.78 is 1.76. The van der Waals surface area contributed by atoms with Crippen LogP contribution in [0.4, 0.5) is 17.3 Å². The summed E-state index contributed by atoms with van der Waals surface area (Å²) in [5, 5.41) is 0. The summed E-state index contributed by atoms with van der Waals surface area (Å²) in [4.78, 5) is 19.3. The first-order chi connectivity index (χ1) is 12.8. The Morgan fingerprint density at radius 2 is 1.77 bits per heavy atom. The molecule has 0 atom stereocenters. The minimum absolute atomic E-state index is 0.465. The molecular weight excluding hydrogens is 326 g/mol. The lowest BCUT2D eigenvalue weighted by Gasteiger charge is -2.24. The zero-order chi connectivity index (χ0) is 17.8. The van der Waals surface area contributed by atoms with Gasteiger partial charge in [-0.05, 0) is 17.7 Å². The molecular formula is C19H17N7. The number of hydrogen-bond donors (Lipinski definition) is 1. The number of hydrogen-bond acceptors (Lipinski definition) is 6. The molecule has 3 aromatic heterocycles. The van der Waals surface area contributed by atoms with E-state index in [2.05, 4.69) is 32.1 Å². The Morgan fingerprint density at radius 3 is 2.50 bits per heavy atom. The first-order valence-electron chi connectivity index (χ1n) is 8.14. The highest BCUT2D eigenvalue weighted by molar-refractivity contribution is 5.74. The Morgan fingerprint density at radius 1 is 0.923 bits per heavy atom. The zero-order valence-electron chi connectivity index (χ0n) is 14.0. The van der Waals surface area contributed by atoms with Crippen LogP contribution in [0.1, 0.15) is 5.56 Å². The number of nitrogens with two attached hydrogens (primary N) is 1. The molecule has 0 aliphatic heterocycles. The average Bonchev–Trinajstić information content (AvgIpc) is 3.23. The molecule has 0 amide bonds. The van der Waals surface area contributed by atoms with E-state index in [0.717, 1.165) is 11.4 Å². The Hall–Kier alpha value is -3.74. The van der Waals surface area contributed by atoms with Gasteiger partial charge in [0.1, 0.15) is 24.2 Å². The smallest absolute Gasteiger partial charge is 0.166 e. The van der Waals surface area contributed by atoms with Gasteiger partial charge in [0.05, 0.1) is 6.54 Å². The fourth-order valence-corrected chi connectivity index (χ4v) is 2.73. The monoisotopic (exact) mass is 343 g/mol. The number of anilines is 3. The molecule has 1 aromatic carbocycles. The molecule has 2 N–H and O–H groups in total. The van der Waals surface area contributed by atoms with E-state index in [1.165, 1.54) is 6.33 Å². The Kier molecular flexibility index (Phi) is 4.26. The minimum atomic E-state index is 0.465. The summed E-state index contributed by atoms with van der Waals surface area (Å²) in [6, 6.07) is 15.9. The second kappa shape index (κ2) is 7.02. The molecule has 0 bridgehead atoms. The lowest BCUT2D eigenvalue weighted by atomic mass is 10.2. The number of imidazole rings is 1. The molecule has 0 spiro atoms. The third kappa shape index (κ3) is 3.10. The number of pyridine rings is 1. The molecule has 0 aliphatic carbocycles. The molecule has 0 aliphatic rings. The summed E-state index contributed by atoms with van der Waals surface area (Å²) >= 11 is 0. The van der Waals surface area contributed by atoms with Crippen LogP contribution in [-0.2, 0) is 6.54 Å². The normalized spacial score (nSPS) is 10.6. The first-order valence-corrected chi connectivity index (χ1v) is 8.14. The molecule has 7 heteroatoms. The van der Waals surface area contributed by atoms with E-state index in [0.29, 0.717) is 23.9 Å². The van der Waals surface area contributed by atoms with Crippen molar-refractivity contribution in [3.63, 3.8) is 0 Å². The molecule has 7 nitrogen and oxygen atoms in total. The van der Waals surface area contributed by atoms with E-state index < -0.39 is 0 Å². The van der Waals surface area contributed by atoms with Crippen LogP contribution in [-0.4, -0.2) is 24.5 Å². The molecule has 4 rings (SSSR count). The molecule has 0 fully saturated rings. The van der Waals surface area contributed by atoms with Crippen LogP contribution in [0, 0.1) is 0 Å². The maximum atomic E-state index is 6.42. The maximum absolute atomic E-state index is 6.42. The molecule has 3 heterocycles. The van der Waals surface area contributed by atoms with Crippen LogP contribution in [0.5, 0.6) is 0 Å². The molecule has 26 heavy (non-hydrogen) atoms. The molecule has 0 saturated heterocycles. The topological polar surface area (TPSA) is 85.8 Å². The van der Waals surface area contributed by atoms with Crippen LogP contribution in [0.15, 0.2) is 79.8 Å². The third-order valence-electron chi connectivity index (χ3n) is 3.96. The average molecular weight is 343 g/mol. The summed E-state index contributed by atoms with van der Waals surface area (Å²) in [6.45, 7) is 0.586. The van der Waals surface area contributed by atoms with Crippen molar-refractivity contribution in [3.05, 3.63) is 85.3 Å². The van der Waals surface area contributed by atoms with Crippen molar-refractivity contribution in [2.75, 3.05) is 10.6 Å². The lowest BCUT2D eigenvalue weighted by molar-refractivity contribution is 0.902. The third-order valence-corrected chi connectivity index (χ3v) is 3.96. The molecule has 4 aromatic rings. The molecule has 0 radical (unpaired) electrons. The molecule has 128 valence electrons. The molecule has 0 saturated carbocycles. The highest BCUT2D eigenvalue weighted by Crippen LogP contribution is 2.31. The fourth-order valence-electron chi connectivity index (χ4n) is 2.73. The quantitative estimate of drug-likeness (QED) is 0.599. The lowest BCUT2D eigenvalue weighted by Crippen LogP contribution is -2.21. The summed E-state index contributed by atoms with van der Waals surface area (Å²) in [5.74, 6) is 1.95. The number of benzene rings is 1. The van der Waals surface area contributed by atoms with Crippen LogP contribution >= 0.6 is 0 Å². The van der Waals surface area contributed by atoms with Crippen molar-refractivity contribution in [3.8, 4) is 5.82 Å². The first kappa shape index (κ1) is 15.8. The summed E-state index contributed by atoms with van der Waals surface area (Å²) in [7, 11) is 0. The predicted octanol–water partition coefficient (Wildman–Crippen LogP) is 2.98. The Balaban J connectivity index is 1.81. The SMILES string of the molecule is Nc1c(N(Cc2ccccc2)c2ccccn2)ncnc1-n1ccnc1. The molecule has 0 unspecified atom stereocenters. The van der Waals surface area contributed by atoms with Crippen molar-refractivity contribution in [1.29, 1.82) is 0 Å². The van der Waals surface area contributed by atoms with Gasteiger partial charge in [0.25, 0.3) is 0 Å². The zero-order valence-corrected chi connectivity index (χ0v) is 14.0. The standard InChI is InChI=1S/C19H17N7/c20-17-18(25-11-10-21-14-25)23-13-24-19(17)26(16-8-4-5-9-22-16)12-15-6-2-1-3-7-15/h1-11,13-14H,12,20H2. The van der Waals surface area contributed by atoms with Crippen molar-refractivity contribution >= 4 is 17.3 Å². The minimum Gasteiger partial charge on any atom is -0.393 e. The van der Waals surface area contributed by atoms with E-state index in [1.807, 2.05) is 41.3 Å². The van der Waals surface area contributed by atoms with Crippen molar-refractivity contribution in [1.82, 2.24) is 24.5 Å². The van der Waals surface area contributed by atoms with Gasteiger partial charge < -0.3 is 10.6 Å². The van der Waals surface area contributed by atoms with E-state index in [1.54, 1.807) is 29.5 Å². The highest BCUT2D eigenvalue weighted by Gasteiger charge is 2.19. The van der Waals surface area contributed by atoms with Crippen molar-refractivity contribution in [2.45, 2.75) is 6.54 Å². The fraction of sp³-hybridized carbons (Fsp3) is 0.0526. The van der Waals surface area contributed by atoms with Crippen molar-refractivity contribution in [2.24, 2.45) is 0 Å². The van der Waals surface area contributed by atoms with E-state index in [-0.39, 0.29) is 0 Å². The Labute approximate surface area is 150 Å². The number of aromatic nitrogens is 5. The highest BCUT2D eigenvalue weighted by atomic mass is 15.3. The van der Waals surface area contributed by atoms with Gasteiger partial charge in [-0.25, -0.2) is 19.9 Å². The maximum Gasteiger partial charge on any atom is 0.166 e. The number of nitrogen functional groups attached to an aromatic ring is 1. The van der Waals surface area contributed by atoms with Crippen LogP contribution < -0.4 is 10.6 Å². The van der Waals surface area contributed by atoms with E-state index in [4.69, 9.17) is 5.73 Å².